The highest BCUT2D eigenvalue weighted by molar-refractivity contribution is 5.94. The molecule has 1 fully saturated rings. The lowest BCUT2D eigenvalue weighted by Crippen LogP contribution is -2.56. The number of aliphatic hydroxyl groups is 1. The van der Waals surface area contributed by atoms with Crippen LogP contribution in [0.2, 0.25) is 0 Å². The van der Waals surface area contributed by atoms with Gasteiger partial charge in [0.15, 0.2) is 0 Å². The zero-order valence-electron chi connectivity index (χ0n) is 20.4. The molecule has 1 aromatic rings. The molecule has 0 radical (unpaired) electrons. The normalized spacial score (nSPS) is 36.5. The van der Waals surface area contributed by atoms with E-state index in [2.05, 4.69) is 56.4 Å². The Morgan fingerprint density at radius 1 is 1.12 bits per heavy atom. The first-order valence-corrected chi connectivity index (χ1v) is 12.6. The molecule has 0 aromatic heterocycles. The summed E-state index contributed by atoms with van der Waals surface area (Å²) < 4.78 is 6.14. The third-order valence-electron chi connectivity index (χ3n) is 7.90. The van der Waals surface area contributed by atoms with Crippen LogP contribution in [0.15, 0.2) is 66.3 Å². The number of hydrogen-bond acceptors (Lipinski definition) is 4. The number of amides is 1. The zero-order valence-corrected chi connectivity index (χ0v) is 20.4. The zero-order chi connectivity index (χ0) is 24.3. The summed E-state index contributed by atoms with van der Waals surface area (Å²) in [6.07, 6.45) is 12.5. The number of benzene rings is 1. The lowest BCUT2D eigenvalue weighted by atomic mass is 9.63. The third-order valence-corrected chi connectivity index (χ3v) is 7.90. The van der Waals surface area contributed by atoms with Gasteiger partial charge in [-0.3, -0.25) is 4.79 Å². The SMILES string of the molecule is CC1=CC2C=CCC(C)CCCC(O)C=CC(=O)OC23C(=O)NC(Cc2ccccc2)C3C1C. The van der Waals surface area contributed by atoms with Crippen molar-refractivity contribution in [2.24, 2.45) is 23.7 Å². The molecule has 34 heavy (non-hydrogen) atoms. The van der Waals surface area contributed by atoms with E-state index in [0.29, 0.717) is 18.8 Å². The molecule has 2 N–H and O–H groups in total. The summed E-state index contributed by atoms with van der Waals surface area (Å²) in [7, 11) is 0. The minimum atomic E-state index is -1.31. The summed E-state index contributed by atoms with van der Waals surface area (Å²) in [5, 5.41) is 13.5. The molecule has 182 valence electrons. The maximum absolute atomic E-state index is 13.7. The smallest absolute Gasteiger partial charge is 0.331 e. The van der Waals surface area contributed by atoms with Crippen LogP contribution < -0.4 is 5.32 Å². The van der Waals surface area contributed by atoms with Crippen LogP contribution >= 0.6 is 0 Å². The van der Waals surface area contributed by atoms with E-state index in [1.807, 2.05) is 18.2 Å². The molecule has 5 heteroatoms. The van der Waals surface area contributed by atoms with Crippen molar-refractivity contribution in [1.82, 2.24) is 5.32 Å². The van der Waals surface area contributed by atoms with Crippen molar-refractivity contribution in [1.29, 1.82) is 0 Å². The fourth-order valence-electron chi connectivity index (χ4n) is 5.92. The van der Waals surface area contributed by atoms with E-state index in [1.54, 1.807) is 0 Å². The molecule has 3 aliphatic rings. The van der Waals surface area contributed by atoms with E-state index in [-0.39, 0.29) is 29.7 Å². The van der Waals surface area contributed by atoms with Crippen LogP contribution in [0.5, 0.6) is 0 Å². The van der Waals surface area contributed by atoms with Crippen molar-refractivity contribution >= 4 is 11.9 Å². The van der Waals surface area contributed by atoms with Gasteiger partial charge in [0.25, 0.3) is 5.91 Å². The fourth-order valence-corrected chi connectivity index (χ4v) is 5.92. The Hall–Kier alpha value is -2.66. The summed E-state index contributed by atoms with van der Waals surface area (Å²) in [5.41, 5.74) is 1.04. The van der Waals surface area contributed by atoms with Gasteiger partial charge in [-0.1, -0.05) is 80.8 Å². The molecule has 1 amide bonds. The van der Waals surface area contributed by atoms with Crippen molar-refractivity contribution in [2.75, 3.05) is 0 Å². The van der Waals surface area contributed by atoms with Crippen molar-refractivity contribution in [3.63, 3.8) is 0 Å². The molecule has 1 spiro atoms. The molecule has 0 bridgehead atoms. The average Bonchev–Trinajstić information content (AvgIpc) is 3.07. The number of hydrogen-bond donors (Lipinski definition) is 2. The van der Waals surface area contributed by atoms with Gasteiger partial charge in [-0.15, -0.1) is 0 Å². The first-order valence-electron chi connectivity index (χ1n) is 12.6. The number of ether oxygens (including phenoxy) is 1. The van der Waals surface area contributed by atoms with Crippen molar-refractivity contribution in [2.45, 2.75) is 70.6 Å². The highest BCUT2D eigenvalue weighted by Crippen LogP contribution is 2.50. The summed E-state index contributed by atoms with van der Waals surface area (Å²) in [6.45, 7) is 6.44. The minimum absolute atomic E-state index is 0.0671. The van der Waals surface area contributed by atoms with Gasteiger partial charge in [-0.05, 0) is 49.7 Å². The molecule has 4 rings (SSSR count). The maximum atomic E-state index is 13.7. The van der Waals surface area contributed by atoms with Crippen molar-refractivity contribution in [3.05, 3.63) is 71.8 Å². The summed E-state index contributed by atoms with van der Waals surface area (Å²) in [6, 6.07) is 9.97. The van der Waals surface area contributed by atoms with Gasteiger partial charge < -0.3 is 15.2 Å². The van der Waals surface area contributed by atoms with Gasteiger partial charge in [0.2, 0.25) is 5.60 Å². The monoisotopic (exact) mass is 463 g/mol. The topological polar surface area (TPSA) is 75.6 Å². The van der Waals surface area contributed by atoms with Crippen molar-refractivity contribution in [3.8, 4) is 0 Å². The van der Waals surface area contributed by atoms with Gasteiger partial charge >= 0.3 is 5.97 Å². The van der Waals surface area contributed by atoms with Crippen LogP contribution in [0.25, 0.3) is 0 Å². The van der Waals surface area contributed by atoms with E-state index >= 15 is 0 Å². The second-order valence-electron chi connectivity index (χ2n) is 10.4. The first-order chi connectivity index (χ1) is 16.3. The average molecular weight is 464 g/mol. The molecule has 1 aromatic carbocycles. The van der Waals surface area contributed by atoms with E-state index in [9.17, 15) is 14.7 Å². The van der Waals surface area contributed by atoms with Gasteiger partial charge in [0, 0.05) is 24.0 Å². The number of esters is 1. The Morgan fingerprint density at radius 2 is 1.88 bits per heavy atom. The Bertz CT molecular complexity index is 981. The Labute approximate surface area is 203 Å². The molecule has 0 saturated carbocycles. The second-order valence-corrected chi connectivity index (χ2v) is 10.4. The number of carbonyl (C=O) groups excluding carboxylic acids is 2. The predicted octanol–water partition coefficient (Wildman–Crippen LogP) is 4.52. The highest BCUT2D eigenvalue weighted by atomic mass is 16.6. The lowest BCUT2D eigenvalue weighted by molar-refractivity contribution is -0.172. The van der Waals surface area contributed by atoms with E-state index in [0.717, 1.165) is 24.8 Å². The molecule has 5 nitrogen and oxygen atoms in total. The summed E-state index contributed by atoms with van der Waals surface area (Å²) in [4.78, 5) is 26.7. The minimum Gasteiger partial charge on any atom is -0.444 e. The van der Waals surface area contributed by atoms with E-state index in [4.69, 9.17) is 4.74 Å². The molecular formula is C29H37NO4. The van der Waals surface area contributed by atoms with E-state index < -0.39 is 17.7 Å². The number of aliphatic hydroxyl groups excluding tert-OH is 1. The molecular weight excluding hydrogens is 426 g/mol. The van der Waals surface area contributed by atoms with Gasteiger partial charge in [-0.25, -0.2) is 4.79 Å². The standard InChI is InChI=1S/C29H37NO4/c1-19-9-7-13-23-17-20(2)21(3)27-25(18-22-11-5-4-6-12-22)30-28(33)29(23,27)34-26(32)16-15-24(31)14-8-10-19/h4-7,11-13,15-17,19,21,23-25,27,31H,8-10,14,18H2,1-3H3,(H,30,33). The van der Waals surface area contributed by atoms with Crippen molar-refractivity contribution < 1.29 is 19.4 Å². The van der Waals surface area contributed by atoms with Crippen LogP contribution in [0, 0.1) is 23.7 Å². The predicted molar refractivity (Wildman–Crippen MR) is 133 cm³/mol. The molecule has 7 atom stereocenters. The van der Waals surface area contributed by atoms with Crippen LogP contribution in [-0.2, 0) is 20.7 Å². The fraction of sp³-hybridized carbons (Fsp3) is 0.517. The summed E-state index contributed by atoms with van der Waals surface area (Å²) in [5.74, 6) is -0.813. The van der Waals surface area contributed by atoms with E-state index in [1.165, 1.54) is 17.7 Å². The van der Waals surface area contributed by atoms with Gasteiger partial charge in [-0.2, -0.15) is 0 Å². The number of rotatable bonds is 2. The largest absolute Gasteiger partial charge is 0.444 e. The van der Waals surface area contributed by atoms with Crippen LogP contribution in [0.1, 0.15) is 52.0 Å². The Morgan fingerprint density at radius 3 is 2.65 bits per heavy atom. The third kappa shape index (κ3) is 4.90. The van der Waals surface area contributed by atoms with Gasteiger partial charge in [0.05, 0.1) is 6.10 Å². The Balaban J connectivity index is 1.75. The number of nitrogens with one attached hydrogen (secondary N) is 1. The second kappa shape index (κ2) is 10.3. The molecule has 7 unspecified atom stereocenters. The molecule has 1 saturated heterocycles. The maximum Gasteiger partial charge on any atom is 0.331 e. The molecule has 2 aliphatic heterocycles. The van der Waals surface area contributed by atoms with Crippen LogP contribution in [0.3, 0.4) is 0 Å². The van der Waals surface area contributed by atoms with Gasteiger partial charge in [0.1, 0.15) is 0 Å². The number of allylic oxidation sites excluding steroid dienone is 2. The number of carbonyl (C=O) groups is 2. The first kappa shape index (κ1) is 24.5. The van der Waals surface area contributed by atoms with Crippen LogP contribution in [-0.4, -0.2) is 34.7 Å². The Kier molecular flexibility index (Phi) is 7.42. The highest BCUT2D eigenvalue weighted by Gasteiger charge is 2.64. The quantitative estimate of drug-likeness (QED) is 0.499. The molecule has 1 aliphatic carbocycles. The summed E-state index contributed by atoms with van der Waals surface area (Å²) >= 11 is 0. The van der Waals surface area contributed by atoms with Crippen LogP contribution in [0.4, 0.5) is 0 Å². The lowest BCUT2D eigenvalue weighted by Gasteiger charge is -2.44. The molecule has 2 heterocycles.